The summed E-state index contributed by atoms with van der Waals surface area (Å²) in [5.41, 5.74) is 0.307. The quantitative estimate of drug-likeness (QED) is 0.510. The molecule has 2 rings (SSSR count). The second-order valence-corrected chi connectivity index (χ2v) is 6.03. The predicted molar refractivity (Wildman–Crippen MR) is 98.9 cm³/mol. The van der Waals surface area contributed by atoms with Gasteiger partial charge in [-0.1, -0.05) is 12.1 Å². The monoisotopic (exact) mass is 360 g/mol. The van der Waals surface area contributed by atoms with Gasteiger partial charge < -0.3 is 15.5 Å². The lowest BCUT2D eigenvalue weighted by Crippen LogP contribution is -3.12. The Labute approximate surface area is 152 Å². The van der Waals surface area contributed by atoms with Crippen LogP contribution in [-0.4, -0.2) is 54.1 Å². The van der Waals surface area contributed by atoms with Crippen LogP contribution in [0.2, 0.25) is 0 Å². The van der Waals surface area contributed by atoms with Gasteiger partial charge in [0.2, 0.25) is 11.8 Å². The fraction of sp³-hybridized carbons (Fsp3) is 0.444. The van der Waals surface area contributed by atoms with Crippen molar-refractivity contribution in [2.75, 3.05) is 32.7 Å². The number of rotatable bonds is 9. The molecule has 2 amide bonds. The van der Waals surface area contributed by atoms with Gasteiger partial charge in [-0.25, -0.2) is 4.98 Å². The van der Waals surface area contributed by atoms with Crippen molar-refractivity contribution in [3.8, 4) is 0 Å². The molecule has 0 aliphatic heterocycles. The maximum Gasteiger partial charge on any atom is 0.261 e. The average Bonchev–Trinajstić information content (AvgIpc) is 2.66. The molecule has 0 aliphatic rings. The number of aromatic nitrogens is 2. The first-order valence-corrected chi connectivity index (χ1v) is 8.86. The molecule has 1 heterocycles. The number of likely N-dealkylation sites (N-methyl/N-ethyl adjacent to an activating group) is 1. The summed E-state index contributed by atoms with van der Waals surface area (Å²) >= 11 is 0. The number of para-hydroxylation sites is 1. The van der Waals surface area contributed by atoms with Crippen molar-refractivity contribution in [3.05, 3.63) is 40.9 Å². The highest BCUT2D eigenvalue weighted by molar-refractivity contribution is 5.84. The Morgan fingerprint density at radius 1 is 1.12 bits per heavy atom. The number of benzene rings is 1. The molecule has 1 aromatic carbocycles. The van der Waals surface area contributed by atoms with Crippen LogP contribution in [0.3, 0.4) is 0 Å². The lowest BCUT2D eigenvalue weighted by Gasteiger charge is -2.15. The average molecular weight is 360 g/mol. The molecular weight excluding hydrogens is 334 g/mol. The van der Waals surface area contributed by atoms with Crippen LogP contribution in [0, 0.1) is 0 Å². The molecule has 0 radical (unpaired) electrons. The molecule has 3 N–H and O–H groups in total. The van der Waals surface area contributed by atoms with Crippen LogP contribution in [-0.2, 0) is 16.1 Å². The van der Waals surface area contributed by atoms with Crippen LogP contribution in [0.5, 0.6) is 0 Å². The third kappa shape index (κ3) is 5.38. The van der Waals surface area contributed by atoms with E-state index in [1.807, 2.05) is 0 Å². The molecule has 0 spiro atoms. The van der Waals surface area contributed by atoms with E-state index in [1.54, 1.807) is 24.3 Å². The number of carbonyl (C=O) groups is 2. The second-order valence-electron chi connectivity index (χ2n) is 6.03. The normalized spacial score (nSPS) is 10.9. The topological polar surface area (TPSA) is 97.5 Å². The van der Waals surface area contributed by atoms with E-state index in [1.165, 1.54) is 15.8 Å². The zero-order valence-corrected chi connectivity index (χ0v) is 15.2. The van der Waals surface area contributed by atoms with Crippen molar-refractivity contribution >= 4 is 22.7 Å². The van der Waals surface area contributed by atoms with Crippen LogP contribution in [0.15, 0.2) is 35.4 Å². The molecule has 2 aromatic rings. The van der Waals surface area contributed by atoms with E-state index >= 15 is 0 Å². The molecular formula is C18H26N5O3+. The number of nitrogens with one attached hydrogen (secondary N) is 3. The number of hydrogen-bond acceptors (Lipinski definition) is 4. The first-order chi connectivity index (χ1) is 12.5. The zero-order chi connectivity index (χ0) is 18.9. The van der Waals surface area contributed by atoms with Crippen LogP contribution in [0.25, 0.3) is 10.9 Å². The summed E-state index contributed by atoms with van der Waals surface area (Å²) in [6.07, 6.45) is 1.34. The molecule has 140 valence electrons. The van der Waals surface area contributed by atoms with Gasteiger partial charge in [-0.05, 0) is 26.0 Å². The fourth-order valence-electron chi connectivity index (χ4n) is 2.65. The van der Waals surface area contributed by atoms with E-state index in [2.05, 4.69) is 29.5 Å². The number of amides is 2. The molecule has 0 saturated heterocycles. The predicted octanol–water partition coefficient (Wildman–Crippen LogP) is -1.45. The summed E-state index contributed by atoms with van der Waals surface area (Å²) in [4.78, 5) is 41.7. The number of nitrogens with zero attached hydrogens (tertiary/aromatic N) is 2. The van der Waals surface area contributed by atoms with Gasteiger partial charge in [-0.3, -0.25) is 19.0 Å². The highest BCUT2D eigenvalue weighted by atomic mass is 16.2. The minimum Gasteiger partial charge on any atom is -0.349 e. The van der Waals surface area contributed by atoms with E-state index < -0.39 is 5.91 Å². The Morgan fingerprint density at radius 3 is 2.58 bits per heavy atom. The minimum atomic E-state index is -0.409. The van der Waals surface area contributed by atoms with Gasteiger partial charge >= 0.3 is 0 Å². The van der Waals surface area contributed by atoms with Gasteiger partial charge in [0.15, 0.2) is 0 Å². The first kappa shape index (κ1) is 19.6. The third-order valence-corrected chi connectivity index (χ3v) is 4.29. The summed E-state index contributed by atoms with van der Waals surface area (Å²) in [7, 11) is 0. The Hall–Kier alpha value is -2.74. The van der Waals surface area contributed by atoms with E-state index in [0.29, 0.717) is 17.4 Å². The van der Waals surface area contributed by atoms with Crippen LogP contribution >= 0.6 is 0 Å². The molecule has 8 nitrogen and oxygen atoms in total. The lowest BCUT2D eigenvalue weighted by molar-refractivity contribution is -0.895. The number of quaternary nitrogens is 1. The zero-order valence-electron chi connectivity index (χ0n) is 15.2. The molecule has 0 fully saturated rings. The Balaban J connectivity index is 1.81. The van der Waals surface area contributed by atoms with Crippen LogP contribution in [0.4, 0.5) is 0 Å². The molecule has 0 aliphatic carbocycles. The summed E-state index contributed by atoms with van der Waals surface area (Å²) in [6.45, 7) is 7.37. The third-order valence-electron chi connectivity index (χ3n) is 4.29. The second kappa shape index (κ2) is 9.67. The first-order valence-electron chi connectivity index (χ1n) is 8.86. The highest BCUT2D eigenvalue weighted by Gasteiger charge is 2.10. The SMILES string of the molecule is CC[NH+](CC)CCNC(=O)CNC(=O)Cn1cnc2ccccc2c1=O. The summed E-state index contributed by atoms with van der Waals surface area (Å²) in [6, 6.07) is 6.96. The van der Waals surface area contributed by atoms with Crippen molar-refractivity contribution in [3.63, 3.8) is 0 Å². The van der Waals surface area contributed by atoms with Gasteiger partial charge in [0, 0.05) is 0 Å². The van der Waals surface area contributed by atoms with Crippen molar-refractivity contribution in [1.82, 2.24) is 20.2 Å². The van der Waals surface area contributed by atoms with Crippen molar-refractivity contribution in [1.29, 1.82) is 0 Å². The van der Waals surface area contributed by atoms with Crippen molar-refractivity contribution < 1.29 is 14.5 Å². The van der Waals surface area contributed by atoms with Crippen molar-refractivity contribution in [2.45, 2.75) is 20.4 Å². The van der Waals surface area contributed by atoms with Gasteiger partial charge in [0.25, 0.3) is 5.56 Å². The van der Waals surface area contributed by atoms with Crippen molar-refractivity contribution in [2.24, 2.45) is 0 Å². The van der Waals surface area contributed by atoms with E-state index in [4.69, 9.17) is 0 Å². The lowest BCUT2D eigenvalue weighted by atomic mass is 10.2. The van der Waals surface area contributed by atoms with E-state index in [-0.39, 0.29) is 24.6 Å². The van der Waals surface area contributed by atoms with E-state index in [0.717, 1.165) is 19.6 Å². The Bertz CT molecular complexity index is 814. The Kier molecular flexibility index (Phi) is 7.28. The maximum absolute atomic E-state index is 12.3. The summed E-state index contributed by atoms with van der Waals surface area (Å²) < 4.78 is 1.24. The molecule has 8 heteroatoms. The summed E-state index contributed by atoms with van der Waals surface area (Å²) in [5, 5.41) is 5.77. The molecule has 1 aromatic heterocycles. The molecule has 0 unspecified atom stereocenters. The van der Waals surface area contributed by atoms with Gasteiger partial charge in [-0.15, -0.1) is 0 Å². The smallest absolute Gasteiger partial charge is 0.261 e. The summed E-state index contributed by atoms with van der Waals surface area (Å²) in [5.74, 6) is -0.650. The molecule has 26 heavy (non-hydrogen) atoms. The van der Waals surface area contributed by atoms with Crippen LogP contribution in [0.1, 0.15) is 13.8 Å². The number of hydrogen-bond donors (Lipinski definition) is 3. The van der Waals surface area contributed by atoms with E-state index in [9.17, 15) is 14.4 Å². The largest absolute Gasteiger partial charge is 0.349 e. The molecule has 0 saturated carbocycles. The van der Waals surface area contributed by atoms with Gasteiger partial charge in [0.1, 0.15) is 6.54 Å². The van der Waals surface area contributed by atoms with Gasteiger partial charge in [0.05, 0.1) is 50.0 Å². The molecule has 0 atom stereocenters. The minimum absolute atomic E-state index is 0.109. The number of carbonyl (C=O) groups excluding carboxylic acids is 2. The standard InChI is InChI=1S/C18H25N5O3/c1-3-22(4-2)10-9-19-16(24)11-20-17(25)12-23-13-21-15-8-6-5-7-14(15)18(23)26/h5-8,13H,3-4,9-12H2,1-2H3,(H,19,24)(H,20,25)/p+1. The fourth-order valence-corrected chi connectivity index (χ4v) is 2.65. The van der Waals surface area contributed by atoms with Gasteiger partial charge in [-0.2, -0.15) is 0 Å². The molecule has 0 bridgehead atoms. The maximum atomic E-state index is 12.3. The Morgan fingerprint density at radius 2 is 1.85 bits per heavy atom. The van der Waals surface area contributed by atoms with Crippen LogP contribution < -0.4 is 21.1 Å². The number of fused-ring (bicyclic) bond motifs is 1. The highest BCUT2D eigenvalue weighted by Crippen LogP contribution is 2.04.